The molecule has 3 aromatic rings. The first-order valence-electron chi connectivity index (χ1n) is 9.68. The van der Waals surface area contributed by atoms with Gasteiger partial charge in [-0.1, -0.05) is 30.3 Å². The fourth-order valence-electron chi connectivity index (χ4n) is 3.32. The molecule has 1 aliphatic rings. The number of hydrogen-bond acceptors (Lipinski definition) is 5. The first-order chi connectivity index (χ1) is 14.1. The summed E-state index contributed by atoms with van der Waals surface area (Å²) in [5.41, 5.74) is 3.58. The van der Waals surface area contributed by atoms with E-state index in [1.165, 1.54) is 12.1 Å². The highest BCUT2D eigenvalue weighted by molar-refractivity contribution is 5.91. The number of aromatic nitrogens is 2. The van der Waals surface area contributed by atoms with E-state index < -0.39 is 0 Å². The largest absolute Gasteiger partial charge is 0.368 e. The zero-order valence-corrected chi connectivity index (χ0v) is 16.2. The van der Waals surface area contributed by atoms with Crippen molar-refractivity contribution in [2.45, 2.75) is 25.9 Å². The monoisotopic (exact) mass is 395 g/mol. The molecule has 1 amide bonds. The minimum Gasteiger partial charge on any atom is -0.368 e. The second-order valence-electron chi connectivity index (χ2n) is 7.04. The lowest BCUT2D eigenvalue weighted by Crippen LogP contribution is -2.42. The molecule has 2 aromatic heterocycles. The van der Waals surface area contributed by atoms with Crippen molar-refractivity contribution in [2.24, 2.45) is 0 Å². The number of ether oxygens (including phenoxy) is 1. The third-order valence-electron chi connectivity index (χ3n) is 4.98. The van der Waals surface area contributed by atoms with Crippen molar-refractivity contribution in [3.63, 3.8) is 0 Å². The van der Waals surface area contributed by atoms with E-state index in [0.29, 0.717) is 26.1 Å². The number of benzene rings is 1. The van der Waals surface area contributed by atoms with Gasteiger partial charge in [-0.3, -0.25) is 9.78 Å². The number of halogens is 1. The summed E-state index contributed by atoms with van der Waals surface area (Å²) in [7, 11) is 0. The van der Waals surface area contributed by atoms with Gasteiger partial charge in [0.15, 0.2) is 0 Å². The highest BCUT2D eigenvalue weighted by atomic mass is 19.1. The van der Waals surface area contributed by atoms with Gasteiger partial charge in [0.05, 0.1) is 24.5 Å². The molecule has 3 heterocycles. The summed E-state index contributed by atoms with van der Waals surface area (Å²) in [6.07, 6.45) is 2.90. The third kappa shape index (κ3) is 4.51. The van der Waals surface area contributed by atoms with Crippen molar-refractivity contribution < 1.29 is 18.4 Å². The van der Waals surface area contributed by atoms with E-state index in [1.807, 2.05) is 19.1 Å². The smallest absolute Gasteiger partial charge is 0.292 e. The molecule has 1 saturated heterocycles. The van der Waals surface area contributed by atoms with Crippen molar-refractivity contribution in [1.29, 1.82) is 0 Å². The van der Waals surface area contributed by atoms with Crippen molar-refractivity contribution in [2.75, 3.05) is 19.7 Å². The lowest BCUT2D eigenvalue weighted by atomic mass is 10.1. The summed E-state index contributed by atoms with van der Waals surface area (Å²) >= 11 is 0. The molecule has 0 radical (unpaired) electrons. The first kappa shape index (κ1) is 19.3. The molecule has 29 heavy (non-hydrogen) atoms. The maximum atomic E-state index is 13.0. The highest BCUT2D eigenvalue weighted by Crippen LogP contribution is 2.23. The molecular formula is C22H22FN3O3. The van der Waals surface area contributed by atoms with Gasteiger partial charge in [-0.2, -0.15) is 0 Å². The summed E-state index contributed by atoms with van der Waals surface area (Å²) in [6, 6.07) is 12.0. The lowest BCUT2D eigenvalue weighted by molar-refractivity contribution is -0.0258. The molecule has 1 aromatic carbocycles. The Kier molecular flexibility index (Phi) is 5.67. The fourth-order valence-corrected chi connectivity index (χ4v) is 3.32. The SMILES string of the molecule is CCc1cc(C(=O)N2CCO[C@H](c3ccc(Cc4ccc(F)cc4)cn3)C2)on1. The molecule has 0 saturated carbocycles. The van der Waals surface area contributed by atoms with Crippen LogP contribution in [0.4, 0.5) is 4.39 Å². The second kappa shape index (κ2) is 8.53. The molecule has 0 N–H and O–H groups in total. The molecule has 6 nitrogen and oxygen atoms in total. The van der Waals surface area contributed by atoms with Gasteiger partial charge in [0.2, 0.25) is 5.76 Å². The number of nitrogens with zero attached hydrogens (tertiary/aromatic N) is 3. The van der Waals surface area contributed by atoms with Crippen molar-refractivity contribution in [3.8, 4) is 0 Å². The lowest BCUT2D eigenvalue weighted by Gasteiger charge is -2.32. The average Bonchev–Trinajstić information content (AvgIpc) is 3.25. The van der Waals surface area contributed by atoms with Crippen molar-refractivity contribution >= 4 is 5.91 Å². The van der Waals surface area contributed by atoms with Crippen LogP contribution in [0.2, 0.25) is 0 Å². The molecule has 0 unspecified atom stereocenters. The number of aryl methyl sites for hydroxylation is 1. The highest BCUT2D eigenvalue weighted by Gasteiger charge is 2.28. The average molecular weight is 395 g/mol. The van der Waals surface area contributed by atoms with E-state index in [2.05, 4.69) is 10.1 Å². The molecule has 4 rings (SSSR count). The number of hydrogen-bond donors (Lipinski definition) is 0. The predicted molar refractivity (Wildman–Crippen MR) is 104 cm³/mol. The standard InChI is InChI=1S/C22H22FN3O3/c1-2-18-12-20(29-25-18)22(27)26-9-10-28-21(14-26)19-8-5-16(13-24-19)11-15-3-6-17(23)7-4-15/h3-8,12-13,21H,2,9-11,14H2,1H3/t21-/m0/s1. The summed E-state index contributed by atoms with van der Waals surface area (Å²) in [4.78, 5) is 18.9. The number of amides is 1. The quantitative estimate of drug-likeness (QED) is 0.661. The van der Waals surface area contributed by atoms with Crippen molar-refractivity contribution in [1.82, 2.24) is 15.0 Å². The predicted octanol–water partition coefficient (Wildman–Crippen LogP) is 3.58. The number of carbonyl (C=O) groups excluding carboxylic acids is 1. The third-order valence-corrected chi connectivity index (χ3v) is 4.98. The molecule has 1 atom stereocenters. The Bertz CT molecular complexity index is 970. The van der Waals surface area contributed by atoms with Crippen LogP contribution in [0, 0.1) is 5.82 Å². The van der Waals surface area contributed by atoms with Gasteiger partial charge in [-0.05, 0) is 42.2 Å². The van der Waals surface area contributed by atoms with Gasteiger partial charge >= 0.3 is 0 Å². The Balaban J connectivity index is 1.41. The maximum absolute atomic E-state index is 13.0. The van der Waals surface area contributed by atoms with E-state index in [0.717, 1.165) is 28.9 Å². The van der Waals surface area contributed by atoms with Crippen LogP contribution in [0.15, 0.2) is 53.2 Å². The van der Waals surface area contributed by atoms with Crippen LogP contribution in [-0.2, 0) is 17.6 Å². The van der Waals surface area contributed by atoms with Crippen LogP contribution in [0.5, 0.6) is 0 Å². The summed E-state index contributed by atoms with van der Waals surface area (Å²) in [6.45, 7) is 3.30. The molecular weight excluding hydrogens is 373 g/mol. The number of pyridine rings is 1. The van der Waals surface area contributed by atoms with E-state index in [4.69, 9.17) is 9.26 Å². The topological polar surface area (TPSA) is 68.5 Å². The van der Waals surface area contributed by atoms with Gasteiger partial charge in [-0.15, -0.1) is 0 Å². The molecule has 1 aliphatic heterocycles. The van der Waals surface area contributed by atoms with Crippen LogP contribution in [0.1, 0.15) is 46.1 Å². The van der Waals surface area contributed by atoms with Gasteiger partial charge < -0.3 is 14.2 Å². The Labute approximate surface area is 168 Å². The molecule has 150 valence electrons. The molecule has 0 bridgehead atoms. The van der Waals surface area contributed by atoms with Crippen LogP contribution in [-0.4, -0.2) is 40.6 Å². The normalized spacial score (nSPS) is 16.8. The van der Waals surface area contributed by atoms with Gasteiger partial charge in [-0.25, -0.2) is 4.39 Å². The van der Waals surface area contributed by atoms with Crippen LogP contribution >= 0.6 is 0 Å². The van der Waals surface area contributed by atoms with Crippen LogP contribution in [0.25, 0.3) is 0 Å². The van der Waals surface area contributed by atoms with Crippen LogP contribution < -0.4 is 0 Å². The Morgan fingerprint density at radius 3 is 2.69 bits per heavy atom. The van der Waals surface area contributed by atoms with E-state index >= 15 is 0 Å². The summed E-state index contributed by atoms with van der Waals surface area (Å²) in [5.74, 6) is -0.171. The van der Waals surface area contributed by atoms with Gasteiger partial charge in [0.1, 0.15) is 11.9 Å². The summed E-state index contributed by atoms with van der Waals surface area (Å²) < 4.78 is 24.0. The summed E-state index contributed by atoms with van der Waals surface area (Å²) in [5, 5.41) is 3.89. The zero-order chi connectivity index (χ0) is 20.2. The molecule has 0 spiro atoms. The first-order valence-corrected chi connectivity index (χ1v) is 9.68. The zero-order valence-electron chi connectivity index (χ0n) is 16.2. The molecule has 7 heteroatoms. The van der Waals surface area contributed by atoms with Gasteiger partial charge in [0, 0.05) is 18.8 Å². The van der Waals surface area contributed by atoms with E-state index in [-0.39, 0.29) is 23.6 Å². The molecule has 0 aliphatic carbocycles. The fraction of sp³-hybridized carbons (Fsp3) is 0.318. The van der Waals surface area contributed by atoms with Crippen LogP contribution in [0.3, 0.4) is 0 Å². The minimum absolute atomic E-state index is 0.182. The Hall–Kier alpha value is -3.06. The Morgan fingerprint density at radius 2 is 2.00 bits per heavy atom. The Morgan fingerprint density at radius 1 is 1.21 bits per heavy atom. The van der Waals surface area contributed by atoms with E-state index in [1.54, 1.807) is 29.3 Å². The van der Waals surface area contributed by atoms with Crippen molar-refractivity contribution in [3.05, 3.63) is 82.8 Å². The minimum atomic E-state index is -0.291. The number of morpholine rings is 1. The maximum Gasteiger partial charge on any atom is 0.292 e. The molecule has 1 fully saturated rings. The van der Waals surface area contributed by atoms with E-state index in [9.17, 15) is 9.18 Å². The second-order valence-corrected chi connectivity index (χ2v) is 7.04. The number of rotatable bonds is 5. The van der Waals surface area contributed by atoms with Gasteiger partial charge in [0.25, 0.3) is 5.91 Å². The number of carbonyl (C=O) groups is 1.